The second-order valence-electron chi connectivity index (χ2n) is 3.74. The largest absolute Gasteiger partial charge is 0.376 e. The summed E-state index contributed by atoms with van der Waals surface area (Å²) in [5.74, 6) is -0.110. The molecule has 0 fully saturated rings. The number of hydrogen-bond acceptors (Lipinski definition) is 3. The van der Waals surface area contributed by atoms with Gasteiger partial charge in [-0.1, -0.05) is 36.4 Å². The Morgan fingerprint density at radius 3 is 2.59 bits per heavy atom. The van der Waals surface area contributed by atoms with Crippen molar-refractivity contribution >= 4 is 6.29 Å². The molecule has 0 unspecified atom stereocenters. The lowest BCUT2D eigenvalue weighted by atomic mass is 10.1. The van der Waals surface area contributed by atoms with Crippen molar-refractivity contribution in [1.82, 2.24) is 0 Å². The third-order valence-corrected chi connectivity index (χ3v) is 2.55. The van der Waals surface area contributed by atoms with E-state index in [2.05, 4.69) is 6.58 Å². The number of carbonyl (C=O) groups excluding carboxylic acids is 1. The van der Waals surface area contributed by atoms with Crippen LogP contribution in [0.15, 0.2) is 43.0 Å². The van der Waals surface area contributed by atoms with Crippen LogP contribution in [0.3, 0.4) is 0 Å². The van der Waals surface area contributed by atoms with Gasteiger partial charge in [0.05, 0.1) is 13.2 Å². The SMILES string of the molecule is C=C[C@H](COCc1ccccc1)[C@H](C=O)OC. The van der Waals surface area contributed by atoms with Gasteiger partial charge >= 0.3 is 0 Å². The van der Waals surface area contributed by atoms with Crippen LogP contribution in [0.5, 0.6) is 0 Å². The van der Waals surface area contributed by atoms with E-state index in [0.717, 1.165) is 11.8 Å². The molecule has 92 valence electrons. The Labute approximate surface area is 102 Å². The Balaban J connectivity index is 2.38. The van der Waals surface area contributed by atoms with Gasteiger partial charge < -0.3 is 14.3 Å². The molecule has 3 heteroatoms. The van der Waals surface area contributed by atoms with Gasteiger partial charge in [0, 0.05) is 13.0 Å². The van der Waals surface area contributed by atoms with Crippen LogP contribution < -0.4 is 0 Å². The number of ether oxygens (including phenoxy) is 2. The van der Waals surface area contributed by atoms with Crippen molar-refractivity contribution in [2.45, 2.75) is 12.7 Å². The molecule has 1 aromatic carbocycles. The minimum absolute atomic E-state index is 0.110. The summed E-state index contributed by atoms with van der Waals surface area (Å²) in [7, 11) is 1.51. The molecule has 0 bridgehead atoms. The average molecular weight is 234 g/mol. The van der Waals surface area contributed by atoms with Gasteiger partial charge in [-0.25, -0.2) is 0 Å². The van der Waals surface area contributed by atoms with Gasteiger partial charge in [0.2, 0.25) is 0 Å². The summed E-state index contributed by atoms with van der Waals surface area (Å²) in [6, 6.07) is 9.89. The van der Waals surface area contributed by atoms with E-state index in [1.807, 2.05) is 30.3 Å². The smallest absolute Gasteiger partial charge is 0.149 e. The molecule has 0 aromatic heterocycles. The fourth-order valence-corrected chi connectivity index (χ4v) is 1.52. The van der Waals surface area contributed by atoms with Crippen LogP contribution in [-0.2, 0) is 20.9 Å². The van der Waals surface area contributed by atoms with Gasteiger partial charge in [0.15, 0.2) is 0 Å². The predicted molar refractivity (Wildman–Crippen MR) is 66.6 cm³/mol. The molecule has 0 heterocycles. The topological polar surface area (TPSA) is 35.5 Å². The molecule has 0 N–H and O–H groups in total. The zero-order valence-electron chi connectivity index (χ0n) is 10.0. The second kappa shape index (κ2) is 7.76. The number of carbonyl (C=O) groups is 1. The highest BCUT2D eigenvalue weighted by Crippen LogP contribution is 2.09. The summed E-state index contributed by atoms with van der Waals surface area (Å²) < 4.78 is 10.6. The van der Waals surface area contributed by atoms with Crippen molar-refractivity contribution in [3.63, 3.8) is 0 Å². The van der Waals surface area contributed by atoms with Crippen LogP contribution in [0.4, 0.5) is 0 Å². The minimum Gasteiger partial charge on any atom is -0.376 e. The molecule has 0 aliphatic heterocycles. The van der Waals surface area contributed by atoms with E-state index < -0.39 is 6.10 Å². The average Bonchev–Trinajstić information content (AvgIpc) is 2.39. The first-order valence-corrected chi connectivity index (χ1v) is 5.54. The lowest BCUT2D eigenvalue weighted by Crippen LogP contribution is -2.26. The van der Waals surface area contributed by atoms with E-state index >= 15 is 0 Å². The zero-order chi connectivity index (χ0) is 12.5. The lowest BCUT2D eigenvalue weighted by molar-refractivity contribution is -0.119. The van der Waals surface area contributed by atoms with Crippen LogP contribution >= 0.6 is 0 Å². The van der Waals surface area contributed by atoms with Gasteiger partial charge in [-0.2, -0.15) is 0 Å². The van der Waals surface area contributed by atoms with Crippen LogP contribution in [0, 0.1) is 5.92 Å². The Morgan fingerprint density at radius 2 is 2.06 bits per heavy atom. The highest BCUT2D eigenvalue weighted by molar-refractivity contribution is 5.57. The summed E-state index contributed by atoms with van der Waals surface area (Å²) in [6.45, 7) is 4.64. The normalized spacial score (nSPS) is 13.9. The number of methoxy groups -OCH3 is 1. The maximum atomic E-state index is 10.7. The zero-order valence-corrected chi connectivity index (χ0v) is 10.0. The number of benzene rings is 1. The van der Waals surface area contributed by atoms with Gasteiger partial charge in [-0.05, 0) is 5.56 Å². The molecular formula is C14H18O3. The quantitative estimate of drug-likeness (QED) is 0.511. The molecule has 0 saturated heterocycles. The molecule has 0 spiro atoms. The van der Waals surface area contributed by atoms with Crippen LogP contribution in [0.25, 0.3) is 0 Å². The monoisotopic (exact) mass is 234 g/mol. The lowest BCUT2D eigenvalue weighted by Gasteiger charge is -2.18. The van der Waals surface area contributed by atoms with E-state index in [-0.39, 0.29) is 5.92 Å². The van der Waals surface area contributed by atoms with Crippen molar-refractivity contribution < 1.29 is 14.3 Å². The maximum Gasteiger partial charge on any atom is 0.149 e. The van der Waals surface area contributed by atoms with Gasteiger partial charge in [0.25, 0.3) is 0 Å². The molecule has 0 saturated carbocycles. The minimum atomic E-state index is -0.483. The fourth-order valence-electron chi connectivity index (χ4n) is 1.52. The molecule has 2 atom stereocenters. The molecule has 0 aliphatic rings. The van der Waals surface area contributed by atoms with Crippen molar-refractivity contribution in [3.05, 3.63) is 48.6 Å². The van der Waals surface area contributed by atoms with Crippen molar-refractivity contribution in [2.75, 3.05) is 13.7 Å². The van der Waals surface area contributed by atoms with Gasteiger partial charge in [-0.3, -0.25) is 0 Å². The van der Waals surface area contributed by atoms with Crippen molar-refractivity contribution in [1.29, 1.82) is 0 Å². The molecular weight excluding hydrogens is 216 g/mol. The summed E-state index contributed by atoms with van der Waals surface area (Å²) in [5, 5.41) is 0. The molecule has 0 aliphatic carbocycles. The van der Waals surface area contributed by atoms with E-state index in [1.165, 1.54) is 7.11 Å². The summed E-state index contributed by atoms with van der Waals surface area (Å²) in [4.78, 5) is 10.7. The van der Waals surface area contributed by atoms with Crippen molar-refractivity contribution in [2.24, 2.45) is 5.92 Å². The van der Waals surface area contributed by atoms with Crippen LogP contribution in [0.2, 0.25) is 0 Å². The highest BCUT2D eigenvalue weighted by Gasteiger charge is 2.17. The first-order valence-electron chi connectivity index (χ1n) is 5.54. The van der Waals surface area contributed by atoms with E-state index in [1.54, 1.807) is 6.08 Å². The first-order chi connectivity index (χ1) is 8.31. The summed E-state index contributed by atoms with van der Waals surface area (Å²) in [5.41, 5.74) is 1.11. The van der Waals surface area contributed by atoms with Crippen LogP contribution in [-0.4, -0.2) is 26.1 Å². The first kappa shape index (κ1) is 13.6. The molecule has 1 rings (SSSR count). The Bertz CT molecular complexity index is 335. The Morgan fingerprint density at radius 1 is 1.35 bits per heavy atom. The van der Waals surface area contributed by atoms with Gasteiger partial charge in [-0.15, -0.1) is 6.58 Å². The van der Waals surface area contributed by atoms with Crippen LogP contribution in [0.1, 0.15) is 5.56 Å². The molecule has 17 heavy (non-hydrogen) atoms. The Hall–Kier alpha value is -1.45. The molecule has 1 aromatic rings. The van der Waals surface area contributed by atoms with E-state index in [9.17, 15) is 4.79 Å². The Kier molecular flexibility index (Phi) is 6.22. The third-order valence-electron chi connectivity index (χ3n) is 2.55. The molecule has 0 radical (unpaired) electrons. The molecule has 3 nitrogen and oxygen atoms in total. The highest BCUT2D eigenvalue weighted by atomic mass is 16.5. The standard InChI is InChI=1S/C14H18O3/c1-3-13(14(9-15)16-2)11-17-10-12-7-5-4-6-8-12/h3-9,13-14H,1,10-11H2,2H3/t13-,14+/m1/s1. The third kappa shape index (κ3) is 4.51. The van der Waals surface area contributed by atoms with E-state index in [0.29, 0.717) is 13.2 Å². The fraction of sp³-hybridized carbons (Fsp3) is 0.357. The number of hydrogen-bond donors (Lipinski definition) is 0. The summed E-state index contributed by atoms with van der Waals surface area (Å²) in [6.07, 6.45) is 1.98. The predicted octanol–water partition coefficient (Wildman–Crippen LogP) is 2.22. The maximum absolute atomic E-state index is 10.7. The number of aldehydes is 1. The summed E-state index contributed by atoms with van der Waals surface area (Å²) >= 11 is 0. The molecule has 0 amide bonds. The number of rotatable bonds is 8. The van der Waals surface area contributed by atoms with Crippen molar-refractivity contribution in [3.8, 4) is 0 Å². The van der Waals surface area contributed by atoms with E-state index in [4.69, 9.17) is 9.47 Å². The second-order valence-corrected chi connectivity index (χ2v) is 3.74. The van der Waals surface area contributed by atoms with Gasteiger partial charge in [0.1, 0.15) is 12.4 Å².